The summed E-state index contributed by atoms with van der Waals surface area (Å²) in [6.45, 7) is 3.81. The molecular formula is C12H18N4OS. The molecule has 2 rings (SSSR count). The summed E-state index contributed by atoms with van der Waals surface area (Å²) in [5.41, 5.74) is 6.13. The number of aromatic nitrogens is 2. The van der Waals surface area contributed by atoms with Gasteiger partial charge in [-0.1, -0.05) is 19.1 Å². The largest absolute Gasteiger partial charge is 0.388 e. The van der Waals surface area contributed by atoms with Gasteiger partial charge in [0.2, 0.25) is 5.95 Å². The zero-order valence-electron chi connectivity index (χ0n) is 10.4. The lowest BCUT2D eigenvalue weighted by Crippen LogP contribution is -2.24. The highest BCUT2D eigenvalue weighted by molar-refractivity contribution is 7.80. The summed E-state index contributed by atoms with van der Waals surface area (Å²) in [6.07, 6.45) is 4.13. The smallest absolute Gasteiger partial charge is 0.223 e. The highest BCUT2D eigenvalue weighted by atomic mass is 32.1. The Morgan fingerprint density at radius 1 is 1.67 bits per heavy atom. The Labute approximate surface area is 112 Å². The van der Waals surface area contributed by atoms with Gasteiger partial charge in [-0.15, -0.1) is 0 Å². The van der Waals surface area contributed by atoms with E-state index >= 15 is 0 Å². The quantitative estimate of drug-likeness (QED) is 0.784. The van der Waals surface area contributed by atoms with Crippen LogP contribution in [-0.4, -0.2) is 34.2 Å². The fourth-order valence-electron chi connectivity index (χ4n) is 2.18. The number of rotatable bonds is 5. The van der Waals surface area contributed by atoms with Gasteiger partial charge in [-0.25, -0.2) is 9.97 Å². The van der Waals surface area contributed by atoms with Crippen LogP contribution in [0.1, 0.15) is 25.5 Å². The van der Waals surface area contributed by atoms with Crippen LogP contribution in [0, 0.1) is 5.92 Å². The number of thiocarbonyl (C=S) groups is 1. The Morgan fingerprint density at radius 2 is 2.50 bits per heavy atom. The van der Waals surface area contributed by atoms with E-state index in [9.17, 15) is 0 Å². The third-order valence-electron chi connectivity index (χ3n) is 3.18. The van der Waals surface area contributed by atoms with Crippen LogP contribution in [0.4, 0.5) is 5.95 Å². The van der Waals surface area contributed by atoms with Gasteiger partial charge in [0.25, 0.3) is 0 Å². The molecule has 1 fully saturated rings. The van der Waals surface area contributed by atoms with Crippen molar-refractivity contribution in [2.24, 2.45) is 11.7 Å². The van der Waals surface area contributed by atoms with Gasteiger partial charge in [-0.3, -0.25) is 0 Å². The lowest BCUT2D eigenvalue weighted by molar-refractivity contribution is 0.0900. The monoisotopic (exact) mass is 266 g/mol. The van der Waals surface area contributed by atoms with Crippen LogP contribution < -0.4 is 11.1 Å². The molecule has 18 heavy (non-hydrogen) atoms. The molecule has 98 valence electrons. The number of hydrogen-bond acceptors (Lipinski definition) is 5. The van der Waals surface area contributed by atoms with Crippen LogP contribution in [0.15, 0.2) is 12.3 Å². The van der Waals surface area contributed by atoms with E-state index in [0.29, 0.717) is 23.7 Å². The van der Waals surface area contributed by atoms with Gasteiger partial charge < -0.3 is 15.8 Å². The number of anilines is 1. The standard InChI is InChI=1S/C12H18N4OS/c1-2-10-8(4-6-17-10)7-15-12-14-5-3-9(16-12)11(13)18/h3,5,8,10H,2,4,6-7H2,1H3,(H2,13,18)(H,14,15,16). The molecule has 3 N–H and O–H groups in total. The number of ether oxygens (including phenoxy) is 1. The van der Waals surface area contributed by atoms with Crippen molar-refractivity contribution >= 4 is 23.2 Å². The highest BCUT2D eigenvalue weighted by Crippen LogP contribution is 2.23. The summed E-state index contributed by atoms with van der Waals surface area (Å²) >= 11 is 4.89. The maximum Gasteiger partial charge on any atom is 0.223 e. The first kappa shape index (κ1) is 13.2. The molecule has 6 heteroatoms. The van der Waals surface area contributed by atoms with Gasteiger partial charge in [0.05, 0.1) is 6.10 Å². The second-order valence-corrected chi connectivity index (χ2v) is 4.82. The normalized spacial score (nSPS) is 22.9. The Kier molecular flexibility index (Phi) is 4.43. The van der Waals surface area contributed by atoms with Gasteiger partial charge in [0.15, 0.2) is 0 Å². The maximum atomic E-state index is 5.64. The predicted octanol–water partition coefficient (Wildman–Crippen LogP) is 1.34. The molecule has 1 aromatic rings. The SMILES string of the molecule is CCC1OCCC1CNc1nccc(C(N)=S)n1. The molecule has 1 aromatic heterocycles. The van der Waals surface area contributed by atoms with Crippen molar-refractivity contribution in [2.45, 2.75) is 25.9 Å². The molecule has 1 aliphatic heterocycles. The molecule has 2 unspecified atom stereocenters. The van der Waals surface area contributed by atoms with E-state index in [1.807, 2.05) is 0 Å². The summed E-state index contributed by atoms with van der Waals surface area (Å²) in [5, 5.41) is 3.23. The molecule has 2 heterocycles. The molecule has 0 radical (unpaired) electrons. The van der Waals surface area contributed by atoms with Gasteiger partial charge in [0.1, 0.15) is 10.7 Å². The van der Waals surface area contributed by atoms with Crippen molar-refractivity contribution in [3.05, 3.63) is 18.0 Å². The second-order valence-electron chi connectivity index (χ2n) is 4.38. The zero-order valence-corrected chi connectivity index (χ0v) is 11.2. The van der Waals surface area contributed by atoms with E-state index in [1.165, 1.54) is 0 Å². The van der Waals surface area contributed by atoms with Crippen molar-refractivity contribution in [1.82, 2.24) is 9.97 Å². The van der Waals surface area contributed by atoms with Gasteiger partial charge >= 0.3 is 0 Å². The molecule has 0 spiro atoms. The fourth-order valence-corrected chi connectivity index (χ4v) is 2.29. The molecule has 1 saturated heterocycles. The van der Waals surface area contributed by atoms with E-state index in [1.54, 1.807) is 12.3 Å². The van der Waals surface area contributed by atoms with Crippen molar-refractivity contribution in [1.29, 1.82) is 0 Å². The summed E-state index contributed by atoms with van der Waals surface area (Å²) < 4.78 is 5.64. The van der Waals surface area contributed by atoms with Crippen LogP contribution in [-0.2, 0) is 4.74 Å². The molecule has 0 aromatic carbocycles. The van der Waals surface area contributed by atoms with E-state index in [4.69, 9.17) is 22.7 Å². The maximum absolute atomic E-state index is 5.64. The molecule has 1 aliphatic rings. The van der Waals surface area contributed by atoms with Crippen molar-refractivity contribution in [3.8, 4) is 0 Å². The average molecular weight is 266 g/mol. The lowest BCUT2D eigenvalue weighted by atomic mass is 10.00. The van der Waals surface area contributed by atoms with Crippen LogP contribution in [0.25, 0.3) is 0 Å². The summed E-state index contributed by atoms with van der Waals surface area (Å²) in [5.74, 6) is 1.09. The van der Waals surface area contributed by atoms with Crippen molar-refractivity contribution in [2.75, 3.05) is 18.5 Å². The van der Waals surface area contributed by atoms with Crippen LogP contribution in [0.3, 0.4) is 0 Å². The Hall–Kier alpha value is -1.27. The minimum atomic E-state index is 0.288. The third kappa shape index (κ3) is 3.14. The van der Waals surface area contributed by atoms with Crippen LogP contribution in [0.5, 0.6) is 0 Å². The van der Waals surface area contributed by atoms with Crippen LogP contribution >= 0.6 is 12.2 Å². The topological polar surface area (TPSA) is 73.1 Å². The highest BCUT2D eigenvalue weighted by Gasteiger charge is 2.26. The number of nitrogens with zero attached hydrogens (tertiary/aromatic N) is 2. The van der Waals surface area contributed by atoms with E-state index < -0.39 is 0 Å². The van der Waals surface area contributed by atoms with E-state index in [2.05, 4.69) is 22.2 Å². The molecule has 2 atom stereocenters. The first-order valence-electron chi connectivity index (χ1n) is 6.19. The third-order valence-corrected chi connectivity index (χ3v) is 3.39. The molecule has 0 aliphatic carbocycles. The average Bonchev–Trinajstić information content (AvgIpc) is 2.84. The Balaban J connectivity index is 1.93. The minimum Gasteiger partial charge on any atom is -0.388 e. The second kappa shape index (κ2) is 6.06. The van der Waals surface area contributed by atoms with E-state index in [-0.39, 0.29) is 4.99 Å². The Bertz CT molecular complexity index is 426. The molecular weight excluding hydrogens is 248 g/mol. The summed E-state index contributed by atoms with van der Waals surface area (Å²) in [4.78, 5) is 8.70. The first-order chi connectivity index (χ1) is 8.70. The zero-order chi connectivity index (χ0) is 13.0. The van der Waals surface area contributed by atoms with Crippen molar-refractivity contribution in [3.63, 3.8) is 0 Å². The molecule has 0 bridgehead atoms. The number of hydrogen-bond donors (Lipinski definition) is 2. The molecule has 0 saturated carbocycles. The minimum absolute atomic E-state index is 0.288. The lowest BCUT2D eigenvalue weighted by Gasteiger charge is -2.17. The van der Waals surface area contributed by atoms with Gasteiger partial charge in [-0.2, -0.15) is 0 Å². The molecule has 0 amide bonds. The fraction of sp³-hybridized carbons (Fsp3) is 0.583. The molecule has 5 nitrogen and oxygen atoms in total. The van der Waals surface area contributed by atoms with Gasteiger partial charge in [0, 0.05) is 25.3 Å². The van der Waals surface area contributed by atoms with Crippen LogP contribution in [0.2, 0.25) is 0 Å². The first-order valence-corrected chi connectivity index (χ1v) is 6.60. The number of nitrogens with one attached hydrogen (secondary N) is 1. The van der Waals surface area contributed by atoms with Gasteiger partial charge in [-0.05, 0) is 18.9 Å². The summed E-state index contributed by atoms with van der Waals surface area (Å²) in [6, 6.07) is 1.71. The number of nitrogens with two attached hydrogens (primary N) is 1. The Morgan fingerprint density at radius 3 is 3.22 bits per heavy atom. The van der Waals surface area contributed by atoms with E-state index in [0.717, 1.165) is 26.0 Å². The predicted molar refractivity (Wildman–Crippen MR) is 74.5 cm³/mol. The van der Waals surface area contributed by atoms with Crippen molar-refractivity contribution < 1.29 is 4.74 Å². The summed E-state index contributed by atoms with van der Waals surface area (Å²) in [7, 11) is 0.